The summed E-state index contributed by atoms with van der Waals surface area (Å²) >= 11 is 0. The van der Waals surface area contributed by atoms with E-state index in [1.807, 2.05) is 13.0 Å². The number of benzene rings is 1. The van der Waals surface area contributed by atoms with Crippen molar-refractivity contribution < 1.29 is 9.84 Å². The van der Waals surface area contributed by atoms with Crippen LogP contribution in [0, 0.1) is 0 Å². The smallest absolute Gasteiger partial charge is 0.0553 e. The maximum atomic E-state index is 9.16. The Bertz CT molecular complexity index is 331. The summed E-state index contributed by atoms with van der Waals surface area (Å²) in [6.07, 6.45) is 0. The van der Waals surface area contributed by atoms with Crippen molar-refractivity contribution >= 4 is 0 Å². The third kappa shape index (κ3) is 3.06. The fraction of sp³-hybridized carbons (Fsp3) is 0.571. The van der Waals surface area contributed by atoms with Crippen molar-refractivity contribution in [2.75, 3.05) is 20.3 Å². The molecule has 0 fully saturated rings. The maximum absolute atomic E-state index is 9.16. The molecule has 1 unspecified atom stereocenters. The number of aliphatic hydroxyl groups excluding tert-OH is 1. The Morgan fingerprint density at radius 2 is 2.06 bits per heavy atom. The number of aliphatic hydroxyl groups is 1. The van der Waals surface area contributed by atoms with Crippen LogP contribution in [0.1, 0.15) is 37.8 Å². The van der Waals surface area contributed by atoms with Gasteiger partial charge in [0.1, 0.15) is 0 Å². The Balaban J connectivity index is 2.98. The molecule has 1 rings (SSSR count). The Labute approximate surface area is 98.3 Å². The molecule has 2 nitrogen and oxygen atoms in total. The van der Waals surface area contributed by atoms with Crippen molar-refractivity contribution in [3.63, 3.8) is 0 Å². The second-order valence-corrected chi connectivity index (χ2v) is 5.03. The first-order valence-corrected chi connectivity index (χ1v) is 5.71. The van der Waals surface area contributed by atoms with E-state index in [-0.39, 0.29) is 17.9 Å². The minimum atomic E-state index is 0.0138. The molecule has 0 aliphatic rings. The molecular weight excluding hydrogens is 200 g/mol. The summed E-state index contributed by atoms with van der Waals surface area (Å²) in [6.45, 7) is 7.25. The number of rotatable bonds is 5. The van der Waals surface area contributed by atoms with Gasteiger partial charge in [-0.15, -0.1) is 0 Å². The van der Waals surface area contributed by atoms with Gasteiger partial charge in [-0.1, -0.05) is 45.0 Å². The van der Waals surface area contributed by atoms with Gasteiger partial charge in [0.15, 0.2) is 0 Å². The molecule has 0 radical (unpaired) electrons. The van der Waals surface area contributed by atoms with E-state index in [4.69, 9.17) is 9.84 Å². The van der Waals surface area contributed by atoms with Gasteiger partial charge < -0.3 is 9.84 Å². The maximum Gasteiger partial charge on any atom is 0.0553 e. The van der Waals surface area contributed by atoms with Crippen molar-refractivity contribution in [3.05, 3.63) is 35.4 Å². The van der Waals surface area contributed by atoms with E-state index in [9.17, 15) is 0 Å². The van der Waals surface area contributed by atoms with Crippen molar-refractivity contribution in [1.82, 2.24) is 0 Å². The lowest BCUT2D eigenvalue weighted by Crippen LogP contribution is -2.23. The molecule has 0 heterocycles. The molecule has 0 saturated heterocycles. The third-order valence-electron chi connectivity index (χ3n) is 3.02. The lowest BCUT2D eigenvalue weighted by Gasteiger charge is -2.25. The van der Waals surface area contributed by atoms with E-state index < -0.39 is 0 Å². The van der Waals surface area contributed by atoms with E-state index >= 15 is 0 Å². The van der Waals surface area contributed by atoms with Crippen LogP contribution in [0.15, 0.2) is 24.3 Å². The summed E-state index contributed by atoms with van der Waals surface area (Å²) in [7, 11) is 1.72. The number of ether oxygens (including phenoxy) is 1. The molecule has 90 valence electrons. The first-order chi connectivity index (χ1) is 7.51. The molecule has 0 bridgehead atoms. The number of hydrogen-bond donors (Lipinski definition) is 1. The molecule has 1 N–H and O–H groups in total. The summed E-state index contributed by atoms with van der Waals surface area (Å²) in [5.41, 5.74) is 2.45. The van der Waals surface area contributed by atoms with Gasteiger partial charge in [0.2, 0.25) is 0 Å². The zero-order chi connectivity index (χ0) is 12.2. The molecule has 2 heteroatoms. The quantitative estimate of drug-likeness (QED) is 0.830. The fourth-order valence-corrected chi connectivity index (χ4v) is 1.82. The van der Waals surface area contributed by atoms with Gasteiger partial charge in [0.05, 0.1) is 6.61 Å². The summed E-state index contributed by atoms with van der Waals surface area (Å²) in [6, 6.07) is 8.40. The van der Waals surface area contributed by atoms with Gasteiger partial charge in [-0.05, 0) is 11.1 Å². The van der Waals surface area contributed by atoms with Gasteiger partial charge in [-0.2, -0.15) is 0 Å². The van der Waals surface area contributed by atoms with Gasteiger partial charge >= 0.3 is 0 Å². The Kier molecular flexibility index (Phi) is 4.51. The van der Waals surface area contributed by atoms with Crippen molar-refractivity contribution in [1.29, 1.82) is 0 Å². The van der Waals surface area contributed by atoms with Crippen molar-refractivity contribution in [2.45, 2.75) is 32.1 Å². The third-order valence-corrected chi connectivity index (χ3v) is 3.02. The highest BCUT2D eigenvalue weighted by Gasteiger charge is 2.21. The van der Waals surface area contributed by atoms with Crippen LogP contribution in [-0.4, -0.2) is 25.4 Å². The summed E-state index contributed by atoms with van der Waals surface area (Å²) in [5, 5.41) is 9.16. The van der Waals surface area contributed by atoms with Crippen LogP contribution < -0.4 is 0 Å². The summed E-state index contributed by atoms with van der Waals surface area (Å²) < 4.78 is 5.24. The van der Waals surface area contributed by atoms with E-state index in [1.54, 1.807) is 7.11 Å². The van der Waals surface area contributed by atoms with Crippen LogP contribution >= 0.6 is 0 Å². The predicted octanol–water partition coefficient (Wildman–Crippen LogP) is 2.71. The number of hydrogen-bond acceptors (Lipinski definition) is 2. The normalized spacial score (nSPS) is 13.8. The van der Waals surface area contributed by atoms with Crippen molar-refractivity contribution in [3.8, 4) is 0 Å². The molecule has 1 atom stereocenters. The highest BCUT2D eigenvalue weighted by Crippen LogP contribution is 2.26. The standard InChI is InChI=1S/C14H22O2/c1-11(9-15)12-6-5-7-13(8-12)14(2,3)10-16-4/h5-8,11,15H,9-10H2,1-4H3. The molecule has 0 spiro atoms. The molecule has 16 heavy (non-hydrogen) atoms. The monoisotopic (exact) mass is 222 g/mol. The summed E-state index contributed by atoms with van der Waals surface area (Å²) in [5.74, 6) is 0.193. The fourth-order valence-electron chi connectivity index (χ4n) is 1.82. The van der Waals surface area contributed by atoms with Gasteiger partial charge in [0, 0.05) is 25.0 Å². The average molecular weight is 222 g/mol. The second-order valence-electron chi connectivity index (χ2n) is 5.03. The van der Waals surface area contributed by atoms with Crippen LogP contribution in [0.4, 0.5) is 0 Å². The molecular formula is C14H22O2. The van der Waals surface area contributed by atoms with Gasteiger partial charge in [-0.3, -0.25) is 0 Å². The van der Waals surface area contributed by atoms with E-state index in [0.29, 0.717) is 6.61 Å². The van der Waals surface area contributed by atoms with Crippen LogP contribution in [-0.2, 0) is 10.2 Å². The minimum Gasteiger partial charge on any atom is -0.396 e. The Morgan fingerprint density at radius 3 is 2.62 bits per heavy atom. The minimum absolute atomic E-state index is 0.0138. The zero-order valence-electron chi connectivity index (χ0n) is 10.7. The zero-order valence-corrected chi connectivity index (χ0v) is 10.7. The van der Waals surface area contributed by atoms with Crippen molar-refractivity contribution in [2.24, 2.45) is 0 Å². The molecule has 0 aliphatic heterocycles. The Morgan fingerprint density at radius 1 is 1.38 bits per heavy atom. The summed E-state index contributed by atoms with van der Waals surface area (Å²) in [4.78, 5) is 0. The highest BCUT2D eigenvalue weighted by molar-refractivity contribution is 5.31. The predicted molar refractivity (Wildman–Crippen MR) is 66.8 cm³/mol. The lowest BCUT2D eigenvalue weighted by molar-refractivity contribution is 0.146. The topological polar surface area (TPSA) is 29.5 Å². The van der Waals surface area contributed by atoms with Crippen LogP contribution in [0.25, 0.3) is 0 Å². The van der Waals surface area contributed by atoms with Gasteiger partial charge in [0.25, 0.3) is 0 Å². The van der Waals surface area contributed by atoms with E-state index in [2.05, 4.69) is 32.0 Å². The average Bonchev–Trinajstić information content (AvgIpc) is 2.28. The first-order valence-electron chi connectivity index (χ1n) is 5.71. The van der Waals surface area contributed by atoms with E-state index in [1.165, 1.54) is 11.1 Å². The first kappa shape index (κ1) is 13.2. The lowest BCUT2D eigenvalue weighted by atomic mass is 9.83. The van der Waals surface area contributed by atoms with Gasteiger partial charge in [-0.25, -0.2) is 0 Å². The second kappa shape index (κ2) is 5.46. The van der Waals surface area contributed by atoms with Crippen LogP contribution in [0.5, 0.6) is 0 Å². The Hall–Kier alpha value is -0.860. The SMILES string of the molecule is COCC(C)(C)c1cccc(C(C)CO)c1. The van der Waals surface area contributed by atoms with Crippen LogP contribution in [0.3, 0.4) is 0 Å². The molecule has 1 aromatic carbocycles. The van der Waals surface area contributed by atoms with Crippen LogP contribution in [0.2, 0.25) is 0 Å². The molecule has 0 aromatic heterocycles. The molecule has 0 aliphatic carbocycles. The highest BCUT2D eigenvalue weighted by atomic mass is 16.5. The molecule has 0 saturated carbocycles. The molecule has 1 aromatic rings. The number of methoxy groups -OCH3 is 1. The molecule has 0 amide bonds. The largest absolute Gasteiger partial charge is 0.396 e. The van der Waals surface area contributed by atoms with E-state index in [0.717, 1.165) is 0 Å².